The molecule has 1 aliphatic rings. The number of aliphatic hydroxyl groups is 1. The number of ketones is 1. The van der Waals surface area contributed by atoms with Crippen LogP contribution in [-0.2, 0) is 4.79 Å². The number of benzene rings is 3. The SMILES string of the molecule is O=C(C1=C(O)C(=O)N(c2nc3ccc(Cl)cc3s2)C1c1ccc(Cl)c(Cl)c1)c1cc2ccccc2o1. The molecule has 3 heterocycles. The van der Waals surface area contributed by atoms with Crippen LogP contribution >= 0.6 is 46.1 Å². The molecule has 10 heteroatoms. The van der Waals surface area contributed by atoms with Crippen LogP contribution in [0.25, 0.3) is 21.2 Å². The molecule has 2 aromatic heterocycles. The second-order valence-corrected chi connectivity index (χ2v) is 10.4. The first-order chi connectivity index (χ1) is 17.3. The van der Waals surface area contributed by atoms with Gasteiger partial charge in [0.25, 0.3) is 5.91 Å². The molecule has 1 unspecified atom stereocenters. The van der Waals surface area contributed by atoms with Gasteiger partial charge in [0.2, 0.25) is 5.78 Å². The van der Waals surface area contributed by atoms with Gasteiger partial charge in [0.05, 0.1) is 31.9 Å². The van der Waals surface area contributed by atoms with Crippen LogP contribution in [0, 0.1) is 0 Å². The van der Waals surface area contributed by atoms with E-state index in [2.05, 4.69) is 4.98 Å². The van der Waals surface area contributed by atoms with Crippen molar-refractivity contribution in [1.29, 1.82) is 0 Å². The first kappa shape index (κ1) is 23.1. The van der Waals surface area contributed by atoms with Crippen molar-refractivity contribution in [3.05, 3.63) is 104 Å². The summed E-state index contributed by atoms with van der Waals surface area (Å²) in [5.41, 5.74) is 1.46. The number of aromatic nitrogens is 1. The lowest BCUT2D eigenvalue weighted by Gasteiger charge is -2.24. The normalized spacial score (nSPS) is 16.0. The maximum Gasteiger partial charge on any atom is 0.296 e. The quantitative estimate of drug-likeness (QED) is 0.229. The molecule has 178 valence electrons. The third kappa shape index (κ3) is 3.67. The van der Waals surface area contributed by atoms with E-state index in [0.29, 0.717) is 26.7 Å². The summed E-state index contributed by atoms with van der Waals surface area (Å²) in [6, 6.07) is 17.6. The summed E-state index contributed by atoms with van der Waals surface area (Å²) in [6.07, 6.45) is 0. The number of rotatable bonds is 4. The average molecular weight is 556 g/mol. The van der Waals surface area contributed by atoms with Crippen LogP contribution in [0.5, 0.6) is 0 Å². The maximum atomic E-state index is 13.7. The van der Waals surface area contributed by atoms with Gasteiger partial charge in [0, 0.05) is 10.4 Å². The molecule has 0 bridgehead atoms. The van der Waals surface area contributed by atoms with Crippen LogP contribution in [0.2, 0.25) is 15.1 Å². The Morgan fingerprint density at radius 1 is 1.00 bits per heavy atom. The second kappa shape index (κ2) is 8.64. The standard InChI is InChI=1S/C26H13Cl3N2O4S/c27-14-6-8-17-20(11-14)36-26(30-17)31-22(13-5-7-15(28)16(29)9-13)21(24(33)25(31)34)23(32)19-10-12-3-1-2-4-18(12)35-19/h1-11,22,33H. The number of para-hydroxylation sites is 1. The number of Topliss-reactive ketones (excluding diaryl/α,β-unsaturated/α-hetero) is 1. The molecule has 0 saturated heterocycles. The van der Waals surface area contributed by atoms with Crippen molar-refractivity contribution in [2.24, 2.45) is 0 Å². The number of halogens is 3. The van der Waals surface area contributed by atoms with E-state index in [1.165, 1.54) is 16.2 Å². The van der Waals surface area contributed by atoms with Crippen LogP contribution in [0.15, 0.2) is 82.5 Å². The molecule has 1 atom stereocenters. The van der Waals surface area contributed by atoms with Crippen molar-refractivity contribution >= 4 is 84.1 Å². The average Bonchev–Trinajstić information content (AvgIpc) is 3.54. The molecule has 1 amide bonds. The Kier molecular flexibility index (Phi) is 5.53. The second-order valence-electron chi connectivity index (χ2n) is 8.10. The molecule has 1 N–H and O–H groups in total. The van der Waals surface area contributed by atoms with E-state index < -0.39 is 23.5 Å². The molecule has 0 spiro atoms. The Balaban J connectivity index is 1.53. The molecule has 5 aromatic rings. The minimum absolute atomic E-state index is 0.00598. The van der Waals surface area contributed by atoms with Crippen LogP contribution in [-0.4, -0.2) is 21.8 Å². The van der Waals surface area contributed by atoms with Crippen LogP contribution < -0.4 is 4.90 Å². The van der Waals surface area contributed by atoms with E-state index in [1.54, 1.807) is 60.7 Å². The highest BCUT2D eigenvalue weighted by Gasteiger charge is 2.46. The van der Waals surface area contributed by atoms with E-state index in [-0.39, 0.29) is 21.5 Å². The molecular weight excluding hydrogens is 543 g/mol. The Hall–Kier alpha value is -3.36. The molecular formula is C26H13Cl3N2O4S. The van der Waals surface area contributed by atoms with Gasteiger partial charge < -0.3 is 9.52 Å². The summed E-state index contributed by atoms with van der Waals surface area (Å²) in [7, 11) is 0. The summed E-state index contributed by atoms with van der Waals surface area (Å²) in [5, 5.41) is 13.1. The summed E-state index contributed by atoms with van der Waals surface area (Å²) in [5.74, 6) is -2.09. The number of carbonyl (C=O) groups is 2. The van der Waals surface area contributed by atoms with Crippen molar-refractivity contribution < 1.29 is 19.1 Å². The van der Waals surface area contributed by atoms with Crippen molar-refractivity contribution in [1.82, 2.24) is 4.98 Å². The van der Waals surface area contributed by atoms with Gasteiger partial charge in [0.15, 0.2) is 16.7 Å². The molecule has 0 radical (unpaired) electrons. The number of anilines is 1. The van der Waals surface area contributed by atoms with E-state index in [1.807, 2.05) is 6.07 Å². The fourth-order valence-electron chi connectivity index (χ4n) is 4.25. The monoisotopic (exact) mass is 554 g/mol. The predicted molar refractivity (Wildman–Crippen MR) is 142 cm³/mol. The predicted octanol–water partition coefficient (Wildman–Crippen LogP) is 7.79. The van der Waals surface area contributed by atoms with Gasteiger partial charge in [-0.25, -0.2) is 4.98 Å². The van der Waals surface area contributed by atoms with Crippen LogP contribution in [0.4, 0.5) is 5.13 Å². The van der Waals surface area contributed by atoms with Crippen molar-refractivity contribution in [3.8, 4) is 0 Å². The molecule has 6 rings (SSSR count). The molecule has 0 saturated carbocycles. The Labute approximate surface area is 222 Å². The van der Waals surface area contributed by atoms with E-state index >= 15 is 0 Å². The van der Waals surface area contributed by atoms with Gasteiger partial charge in [-0.15, -0.1) is 0 Å². The molecule has 0 aliphatic carbocycles. The Morgan fingerprint density at radius 2 is 1.81 bits per heavy atom. The third-order valence-corrected chi connectivity index (χ3v) is 7.90. The zero-order chi connectivity index (χ0) is 25.1. The fourth-order valence-corrected chi connectivity index (χ4v) is 5.82. The largest absolute Gasteiger partial charge is 0.503 e. The number of hydrogen-bond donors (Lipinski definition) is 1. The maximum absolute atomic E-state index is 13.7. The van der Waals surface area contributed by atoms with Crippen LogP contribution in [0.1, 0.15) is 22.2 Å². The Bertz CT molecular complexity index is 1720. The van der Waals surface area contributed by atoms with E-state index in [9.17, 15) is 14.7 Å². The van der Waals surface area contributed by atoms with Crippen molar-refractivity contribution in [2.45, 2.75) is 6.04 Å². The number of thiazole rings is 1. The highest BCUT2D eigenvalue weighted by Crippen LogP contribution is 2.45. The van der Waals surface area contributed by atoms with Gasteiger partial charge in [-0.05, 0) is 48.0 Å². The molecule has 0 fully saturated rings. The summed E-state index contributed by atoms with van der Waals surface area (Å²) in [4.78, 5) is 33.0. The first-order valence-electron chi connectivity index (χ1n) is 10.6. The number of carbonyl (C=O) groups excluding carboxylic acids is 2. The number of nitrogens with zero attached hydrogens (tertiary/aromatic N) is 2. The fraction of sp³-hybridized carbons (Fsp3) is 0.0385. The Morgan fingerprint density at radius 3 is 2.58 bits per heavy atom. The minimum Gasteiger partial charge on any atom is -0.503 e. The number of fused-ring (bicyclic) bond motifs is 2. The highest BCUT2D eigenvalue weighted by molar-refractivity contribution is 7.22. The summed E-state index contributed by atoms with van der Waals surface area (Å²) < 4.78 is 6.50. The van der Waals surface area contributed by atoms with Crippen molar-refractivity contribution in [2.75, 3.05) is 4.90 Å². The van der Waals surface area contributed by atoms with Gasteiger partial charge in [-0.2, -0.15) is 0 Å². The zero-order valence-corrected chi connectivity index (χ0v) is 21.1. The topological polar surface area (TPSA) is 83.6 Å². The smallest absolute Gasteiger partial charge is 0.296 e. The van der Waals surface area contributed by atoms with Crippen molar-refractivity contribution in [3.63, 3.8) is 0 Å². The molecule has 6 nitrogen and oxygen atoms in total. The van der Waals surface area contributed by atoms with E-state index in [4.69, 9.17) is 39.2 Å². The number of hydrogen-bond acceptors (Lipinski definition) is 6. The summed E-state index contributed by atoms with van der Waals surface area (Å²) >= 11 is 19.8. The number of furan rings is 1. The van der Waals surface area contributed by atoms with Gasteiger partial charge >= 0.3 is 0 Å². The highest BCUT2D eigenvalue weighted by atomic mass is 35.5. The van der Waals surface area contributed by atoms with Crippen LogP contribution in [0.3, 0.4) is 0 Å². The molecule has 36 heavy (non-hydrogen) atoms. The third-order valence-electron chi connectivity index (χ3n) is 5.91. The summed E-state index contributed by atoms with van der Waals surface area (Å²) in [6.45, 7) is 0. The van der Waals surface area contributed by atoms with Gasteiger partial charge in [0.1, 0.15) is 5.58 Å². The first-order valence-corrected chi connectivity index (χ1v) is 12.6. The number of amides is 1. The van der Waals surface area contributed by atoms with Gasteiger partial charge in [-0.3, -0.25) is 14.5 Å². The lowest BCUT2D eigenvalue weighted by atomic mass is 9.95. The molecule has 1 aliphatic heterocycles. The molecule has 3 aromatic carbocycles. The van der Waals surface area contributed by atoms with Gasteiger partial charge in [-0.1, -0.05) is 70.4 Å². The van der Waals surface area contributed by atoms with E-state index in [0.717, 1.165) is 10.1 Å². The lowest BCUT2D eigenvalue weighted by Crippen LogP contribution is -2.31. The zero-order valence-electron chi connectivity index (χ0n) is 18.0. The number of aliphatic hydroxyl groups excluding tert-OH is 1. The lowest BCUT2D eigenvalue weighted by molar-refractivity contribution is -0.117. The minimum atomic E-state index is -1.02.